The molecule has 2 heterocycles. The van der Waals surface area contributed by atoms with Gasteiger partial charge in [0.2, 0.25) is 0 Å². The van der Waals surface area contributed by atoms with E-state index in [2.05, 4.69) is 17.1 Å². The van der Waals surface area contributed by atoms with Crippen molar-refractivity contribution in [3.8, 4) is 0 Å². The highest BCUT2D eigenvalue weighted by atomic mass is 32.1. The molecule has 0 amide bonds. The fourth-order valence-electron chi connectivity index (χ4n) is 1.99. The summed E-state index contributed by atoms with van der Waals surface area (Å²) in [7, 11) is 1.99. The van der Waals surface area contributed by atoms with Crippen molar-refractivity contribution < 1.29 is 0 Å². The van der Waals surface area contributed by atoms with Crippen molar-refractivity contribution >= 4 is 16.5 Å². The molecular formula is C11H19N3S. The molecule has 1 aromatic heterocycles. The number of hydrogen-bond acceptors (Lipinski definition) is 4. The number of anilines is 1. The second kappa shape index (κ2) is 4.94. The molecule has 0 spiro atoms. The molecule has 1 N–H and O–H groups in total. The topological polar surface area (TPSA) is 28.2 Å². The van der Waals surface area contributed by atoms with Crippen LogP contribution in [-0.2, 0) is 13.0 Å². The lowest BCUT2D eigenvalue weighted by atomic mass is 10.3. The first-order chi connectivity index (χ1) is 7.35. The number of hydrogen-bond donors (Lipinski definition) is 1. The molecular weight excluding hydrogens is 206 g/mol. The molecule has 1 aliphatic rings. The summed E-state index contributed by atoms with van der Waals surface area (Å²) in [6.07, 6.45) is 3.69. The summed E-state index contributed by atoms with van der Waals surface area (Å²) in [5, 5.41) is 4.45. The second-order valence-electron chi connectivity index (χ2n) is 3.94. The van der Waals surface area contributed by atoms with E-state index in [-0.39, 0.29) is 0 Å². The first-order valence-corrected chi connectivity index (χ1v) is 6.55. The molecule has 15 heavy (non-hydrogen) atoms. The van der Waals surface area contributed by atoms with Crippen molar-refractivity contribution in [3.63, 3.8) is 0 Å². The van der Waals surface area contributed by atoms with Crippen LogP contribution in [0.2, 0.25) is 0 Å². The fraction of sp³-hybridized carbons (Fsp3) is 0.727. The third kappa shape index (κ3) is 2.32. The summed E-state index contributed by atoms with van der Waals surface area (Å²) < 4.78 is 0. The molecule has 4 heteroatoms. The highest BCUT2D eigenvalue weighted by Gasteiger charge is 2.17. The lowest BCUT2D eigenvalue weighted by Gasteiger charge is -2.12. The first-order valence-electron chi connectivity index (χ1n) is 5.73. The fourth-order valence-corrected chi connectivity index (χ4v) is 3.20. The molecule has 0 radical (unpaired) electrons. The Balaban J connectivity index is 2.17. The summed E-state index contributed by atoms with van der Waals surface area (Å²) in [6.45, 7) is 5.52. The van der Waals surface area contributed by atoms with E-state index in [9.17, 15) is 0 Å². The van der Waals surface area contributed by atoms with E-state index in [0.717, 1.165) is 13.0 Å². The minimum Gasteiger partial charge on any atom is -0.348 e. The van der Waals surface area contributed by atoms with Crippen molar-refractivity contribution in [3.05, 3.63) is 10.6 Å². The Hall–Kier alpha value is -0.610. The van der Waals surface area contributed by atoms with Crippen LogP contribution >= 0.6 is 11.3 Å². The van der Waals surface area contributed by atoms with Crippen LogP contribution in [0, 0.1) is 0 Å². The minimum absolute atomic E-state index is 0.953. The van der Waals surface area contributed by atoms with Gasteiger partial charge in [0.1, 0.15) is 0 Å². The average Bonchev–Trinajstić information content (AvgIpc) is 2.84. The Bertz CT molecular complexity index is 316. The Labute approximate surface area is 95.5 Å². The summed E-state index contributed by atoms with van der Waals surface area (Å²) in [5.41, 5.74) is 1.27. The molecule has 0 aromatic carbocycles. The van der Waals surface area contributed by atoms with Gasteiger partial charge in [0.15, 0.2) is 5.13 Å². The summed E-state index contributed by atoms with van der Waals surface area (Å²) in [6, 6.07) is 0. The maximum absolute atomic E-state index is 4.73. The van der Waals surface area contributed by atoms with Crippen molar-refractivity contribution in [2.24, 2.45) is 0 Å². The van der Waals surface area contributed by atoms with E-state index in [1.807, 2.05) is 18.4 Å². The van der Waals surface area contributed by atoms with E-state index in [4.69, 9.17) is 4.98 Å². The summed E-state index contributed by atoms with van der Waals surface area (Å²) in [5.74, 6) is 0. The Morgan fingerprint density at radius 1 is 1.40 bits per heavy atom. The first kappa shape index (κ1) is 10.9. The molecule has 1 aliphatic heterocycles. The molecule has 1 fully saturated rings. The van der Waals surface area contributed by atoms with Crippen molar-refractivity contribution in [1.29, 1.82) is 0 Å². The van der Waals surface area contributed by atoms with Crippen LogP contribution in [0.15, 0.2) is 0 Å². The molecule has 1 aromatic rings. The van der Waals surface area contributed by atoms with Gasteiger partial charge in [-0.2, -0.15) is 0 Å². The number of aromatic nitrogens is 1. The van der Waals surface area contributed by atoms with Crippen LogP contribution in [-0.4, -0.2) is 25.1 Å². The third-order valence-corrected chi connectivity index (χ3v) is 3.97. The predicted molar refractivity (Wildman–Crippen MR) is 65.7 cm³/mol. The largest absolute Gasteiger partial charge is 0.348 e. The standard InChI is InChI=1S/C11H19N3S/c1-3-9-10(8-12-2)15-11(13-9)14-6-4-5-7-14/h12H,3-8H2,1-2H3. The Morgan fingerprint density at radius 3 is 2.73 bits per heavy atom. The van der Waals surface area contributed by atoms with Gasteiger partial charge in [0.25, 0.3) is 0 Å². The van der Waals surface area contributed by atoms with Crippen molar-refractivity contribution in [2.45, 2.75) is 32.7 Å². The Kier molecular flexibility index (Phi) is 3.59. The van der Waals surface area contributed by atoms with Crippen LogP contribution in [0.3, 0.4) is 0 Å². The van der Waals surface area contributed by atoms with Gasteiger partial charge in [-0.05, 0) is 26.3 Å². The van der Waals surface area contributed by atoms with E-state index in [1.54, 1.807) is 0 Å². The maximum Gasteiger partial charge on any atom is 0.185 e. The SMILES string of the molecule is CCc1nc(N2CCCC2)sc1CNC. The molecule has 0 unspecified atom stereocenters. The van der Waals surface area contributed by atoms with Crippen LogP contribution in [0.5, 0.6) is 0 Å². The van der Waals surface area contributed by atoms with Gasteiger partial charge >= 0.3 is 0 Å². The van der Waals surface area contributed by atoms with E-state index >= 15 is 0 Å². The smallest absolute Gasteiger partial charge is 0.185 e. The predicted octanol–water partition coefficient (Wildman–Crippen LogP) is 2.03. The van der Waals surface area contributed by atoms with Crippen molar-refractivity contribution in [1.82, 2.24) is 10.3 Å². The molecule has 0 atom stereocenters. The van der Waals surface area contributed by atoms with Gasteiger partial charge in [-0.15, -0.1) is 11.3 Å². The average molecular weight is 225 g/mol. The zero-order chi connectivity index (χ0) is 10.7. The summed E-state index contributed by atoms with van der Waals surface area (Å²) >= 11 is 1.86. The van der Waals surface area contributed by atoms with E-state index < -0.39 is 0 Å². The number of aryl methyl sites for hydroxylation is 1. The maximum atomic E-state index is 4.73. The minimum atomic E-state index is 0.953. The van der Waals surface area contributed by atoms with E-state index in [1.165, 1.54) is 41.6 Å². The van der Waals surface area contributed by atoms with Gasteiger partial charge in [0.05, 0.1) is 5.69 Å². The van der Waals surface area contributed by atoms with E-state index in [0.29, 0.717) is 0 Å². The monoisotopic (exact) mass is 225 g/mol. The molecule has 84 valence electrons. The number of thiazole rings is 1. The molecule has 0 bridgehead atoms. The zero-order valence-corrected chi connectivity index (χ0v) is 10.4. The lowest BCUT2D eigenvalue weighted by Crippen LogP contribution is -2.17. The second-order valence-corrected chi connectivity index (χ2v) is 5.01. The van der Waals surface area contributed by atoms with Gasteiger partial charge in [0, 0.05) is 24.5 Å². The number of nitrogens with one attached hydrogen (secondary N) is 1. The van der Waals surface area contributed by atoms with Crippen LogP contribution in [0.4, 0.5) is 5.13 Å². The number of nitrogens with zero attached hydrogens (tertiary/aromatic N) is 2. The summed E-state index contributed by atoms with van der Waals surface area (Å²) in [4.78, 5) is 8.56. The van der Waals surface area contributed by atoms with Crippen molar-refractivity contribution in [2.75, 3.05) is 25.0 Å². The van der Waals surface area contributed by atoms with Crippen LogP contribution in [0.25, 0.3) is 0 Å². The normalized spacial score (nSPS) is 16.3. The van der Waals surface area contributed by atoms with Gasteiger partial charge in [-0.25, -0.2) is 4.98 Å². The van der Waals surface area contributed by atoms with Gasteiger partial charge < -0.3 is 10.2 Å². The highest BCUT2D eigenvalue weighted by molar-refractivity contribution is 7.15. The quantitative estimate of drug-likeness (QED) is 0.850. The highest BCUT2D eigenvalue weighted by Crippen LogP contribution is 2.29. The van der Waals surface area contributed by atoms with Crippen LogP contribution < -0.4 is 10.2 Å². The Morgan fingerprint density at radius 2 is 2.13 bits per heavy atom. The van der Waals surface area contributed by atoms with Gasteiger partial charge in [-0.1, -0.05) is 6.92 Å². The molecule has 1 saturated heterocycles. The molecule has 0 saturated carbocycles. The number of rotatable bonds is 4. The zero-order valence-electron chi connectivity index (χ0n) is 9.55. The molecule has 3 nitrogen and oxygen atoms in total. The molecule has 2 rings (SSSR count). The third-order valence-electron chi connectivity index (χ3n) is 2.82. The molecule has 0 aliphatic carbocycles. The lowest BCUT2D eigenvalue weighted by molar-refractivity contribution is 0.814. The van der Waals surface area contributed by atoms with Gasteiger partial charge in [-0.3, -0.25) is 0 Å². The van der Waals surface area contributed by atoms with Crippen LogP contribution in [0.1, 0.15) is 30.3 Å².